The summed E-state index contributed by atoms with van der Waals surface area (Å²) in [5.41, 5.74) is 0. The first-order valence-electron chi connectivity index (χ1n) is 21.3. The minimum atomic E-state index is -1.49. The maximum Gasteiger partial charge on any atom is 0.306 e. The van der Waals surface area contributed by atoms with E-state index in [1.807, 2.05) is 0 Å². The standard InChI is InChI=1S/C42H82O8/c1-5-7-9-20-26-34(3)28-22-16-12-11-15-19-25-31-48-32-36(43)33-49-41-39(46)38(45)40(47)42(41)50-37(44)30-24-18-14-13-17-23-29-35(4)27-21-10-8-6-2/h34-36,38-43,45-47H,5-33H2,1-4H3/t34?,35?,36-,38?,39-,40+,41?,42?/m0/s1. The lowest BCUT2D eigenvalue weighted by Crippen LogP contribution is -2.41. The van der Waals surface area contributed by atoms with Gasteiger partial charge in [0.25, 0.3) is 0 Å². The van der Waals surface area contributed by atoms with Crippen molar-refractivity contribution in [2.24, 2.45) is 11.8 Å². The van der Waals surface area contributed by atoms with Gasteiger partial charge < -0.3 is 34.6 Å². The smallest absolute Gasteiger partial charge is 0.306 e. The van der Waals surface area contributed by atoms with Crippen LogP contribution < -0.4 is 0 Å². The number of unbranched alkanes of at least 4 members (excludes halogenated alkanes) is 17. The van der Waals surface area contributed by atoms with Crippen LogP contribution in [0.2, 0.25) is 0 Å². The first-order chi connectivity index (χ1) is 24.2. The molecule has 5 unspecified atom stereocenters. The Kier molecular flexibility index (Phi) is 30.0. The molecule has 0 bridgehead atoms. The third-order valence-corrected chi connectivity index (χ3v) is 10.7. The molecule has 0 saturated heterocycles. The predicted molar refractivity (Wildman–Crippen MR) is 204 cm³/mol. The summed E-state index contributed by atoms with van der Waals surface area (Å²) >= 11 is 0. The number of aliphatic hydroxyl groups is 4. The number of hydrogen-bond donors (Lipinski definition) is 4. The first-order valence-corrected chi connectivity index (χ1v) is 21.3. The van der Waals surface area contributed by atoms with Crippen molar-refractivity contribution in [2.75, 3.05) is 19.8 Å². The fourth-order valence-electron chi connectivity index (χ4n) is 7.19. The van der Waals surface area contributed by atoms with E-state index in [-0.39, 0.29) is 19.6 Å². The average Bonchev–Trinajstić information content (AvgIpc) is 3.29. The molecule has 1 aliphatic rings. The minimum absolute atomic E-state index is 0.0904. The molecule has 4 N–H and O–H groups in total. The molecule has 0 heterocycles. The molecular formula is C42H82O8. The minimum Gasteiger partial charge on any atom is -0.457 e. The van der Waals surface area contributed by atoms with Gasteiger partial charge >= 0.3 is 5.97 Å². The maximum absolute atomic E-state index is 12.5. The monoisotopic (exact) mass is 715 g/mol. The van der Waals surface area contributed by atoms with Crippen LogP contribution in [0.4, 0.5) is 0 Å². The van der Waals surface area contributed by atoms with Crippen LogP contribution in [0.5, 0.6) is 0 Å². The fourth-order valence-corrected chi connectivity index (χ4v) is 7.19. The van der Waals surface area contributed by atoms with E-state index in [4.69, 9.17) is 14.2 Å². The van der Waals surface area contributed by atoms with Gasteiger partial charge in [-0.25, -0.2) is 0 Å². The van der Waals surface area contributed by atoms with Crippen LogP contribution in [-0.4, -0.2) is 82.8 Å². The van der Waals surface area contributed by atoms with E-state index in [9.17, 15) is 25.2 Å². The number of hydrogen-bond acceptors (Lipinski definition) is 8. The van der Waals surface area contributed by atoms with E-state index >= 15 is 0 Å². The van der Waals surface area contributed by atoms with Gasteiger partial charge in [-0.05, 0) is 24.7 Å². The molecule has 1 rings (SSSR count). The Morgan fingerprint density at radius 3 is 1.46 bits per heavy atom. The maximum atomic E-state index is 12.5. The predicted octanol–water partition coefficient (Wildman–Crippen LogP) is 9.21. The van der Waals surface area contributed by atoms with Crippen LogP contribution in [0.25, 0.3) is 0 Å². The summed E-state index contributed by atoms with van der Waals surface area (Å²) in [5, 5.41) is 41.4. The third kappa shape index (κ3) is 23.7. The molecule has 0 aromatic rings. The molecule has 0 amide bonds. The summed E-state index contributed by atoms with van der Waals surface area (Å²) in [6.45, 7) is 9.78. The van der Waals surface area contributed by atoms with Gasteiger partial charge in [0.1, 0.15) is 30.5 Å². The van der Waals surface area contributed by atoms with Crippen molar-refractivity contribution < 1.29 is 39.4 Å². The Morgan fingerprint density at radius 1 is 0.540 bits per heavy atom. The number of aliphatic hydroxyl groups excluding tert-OH is 4. The molecule has 50 heavy (non-hydrogen) atoms. The largest absolute Gasteiger partial charge is 0.457 e. The van der Waals surface area contributed by atoms with Gasteiger partial charge in [-0.15, -0.1) is 0 Å². The first kappa shape index (κ1) is 47.3. The SMILES string of the molecule is CCCCCCC(C)CCCCCCCCCOC[C@H](O)COC1C(OC(=O)CCCCCCCCC(C)CCCCCC)[C@H](O)C(O)[C@@H]1O. The van der Waals surface area contributed by atoms with E-state index in [1.165, 1.54) is 122 Å². The van der Waals surface area contributed by atoms with Gasteiger partial charge in [-0.1, -0.05) is 175 Å². The van der Waals surface area contributed by atoms with Crippen LogP contribution in [0.15, 0.2) is 0 Å². The van der Waals surface area contributed by atoms with Crippen molar-refractivity contribution in [2.45, 2.75) is 231 Å². The number of carbonyl (C=O) groups excluding carboxylic acids is 1. The van der Waals surface area contributed by atoms with Gasteiger partial charge in [-0.2, -0.15) is 0 Å². The van der Waals surface area contributed by atoms with Crippen LogP contribution >= 0.6 is 0 Å². The molecule has 0 aromatic carbocycles. The Balaban J connectivity index is 2.11. The highest BCUT2D eigenvalue weighted by atomic mass is 16.6. The zero-order valence-electron chi connectivity index (χ0n) is 33.0. The second-order valence-electron chi connectivity index (χ2n) is 15.8. The molecule has 298 valence electrons. The summed E-state index contributed by atoms with van der Waals surface area (Å²) in [5.74, 6) is 1.19. The van der Waals surface area contributed by atoms with Gasteiger partial charge in [-0.3, -0.25) is 4.79 Å². The average molecular weight is 715 g/mol. The normalized spacial score (nSPS) is 22.5. The number of esters is 1. The highest BCUT2D eigenvalue weighted by Gasteiger charge is 2.52. The second kappa shape index (κ2) is 31.7. The van der Waals surface area contributed by atoms with Crippen LogP contribution in [0, 0.1) is 11.8 Å². The molecule has 1 aliphatic carbocycles. The van der Waals surface area contributed by atoms with E-state index in [0.29, 0.717) is 13.0 Å². The molecular weight excluding hydrogens is 632 g/mol. The number of ether oxygens (including phenoxy) is 3. The molecule has 0 spiro atoms. The Bertz CT molecular complexity index is 766. The summed E-state index contributed by atoms with van der Waals surface area (Å²) in [6.07, 6.45) is 23.6. The third-order valence-electron chi connectivity index (χ3n) is 10.7. The van der Waals surface area contributed by atoms with Crippen LogP contribution in [0.3, 0.4) is 0 Å². The van der Waals surface area contributed by atoms with Gasteiger partial charge in [0.05, 0.1) is 13.2 Å². The van der Waals surface area contributed by atoms with Crippen molar-refractivity contribution in [3.05, 3.63) is 0 Å². The van der Waals surface area contributed by atoms with Crippen LogP contribution in [0.1, 0.15) is 195 Å². The molecule has 8 heteroatoms. The van der Waals surface area contributed by atoms with E-state index in [1.54, 1.807) is 0 Å². The summed E-state index contributed by atoms with van der Waals surface area (Å²) in [6, 6.07) is 0. The Hall–Kier alpha value is -0.770. The van der Waals surface area contributed by atoms with Crippen molar-refractivity contribution in [1.82, 2.24) is 0 Å². The van der Waals surface area contributed by atoms with Crippen LogP contribution in [-0.2, 0) is 19.0 Å². The molecule has 0 radical (unpaired) electrons. The molecule has 8 nitrogen and oxygen atoms in total. The van der Waals surface area contributed by atoms with E-state index in [0.717, 1.165) is 43.9 Å². The van der Waals surface area contributed by atoms with E-state index in [2.05, 4.69) is 27.7 Å². The Morgan fingerprint density at radius 2 is 0.960 bits per heavy atom. The zero-order chi connectivity index (χ0) is 36.8. The fraction of sp³-hybridized carbons (Fsp3) is 0.976. The van der Waals surface area contributed by atoms with Crippen molar-refractivity contribution in [3.63, 3.8) is 0 Å². The lowest BCUT2D eigenvalue weighted by Gasteiger charge is -2.24. The quantitative estimate of drug-likeness (QED) is 0.0378. The molecule has 8 atom stereocenters. The molecule has 1 saturated carbocycles. The van der Waals surface area contributed by atoms with E-state index < -0.39 is 42.6 Å². The highest BCUT2D eigenvalue weighted by Crippen LogP contribution is 2.28. The highest BCUT2D eigenvalue weighted by molar-refractivity contribution is 5.69. The second-order valence-corrected chi connectivity index (χ2v) is 15.8. The van der Waals surface area contributed by atoms with Gasteiger partial charge in [0.2, 0.25) is 0 Å². The molecule has 0 aliphatic heterocycles. The summed E-state index contributed by atoms with van der Waals surface area (Å²) in [4.78, 5) is 12.5. The lowest BCUT2D eigenvalue weighted by molar-refractivity contribution is -0.168. The molecule has 0 aromatic heterocycles. The van der Waals surface area contributed by atoms with Crippen molar-refractivity contribution in [1.29, 1.82) is 0 Å². The van der Waals surface area contributed by atoms with Crippen molar-refractivity contribution in [3.8, 4) is 0 Å². The number of rotatable bonds is 35. The Labute approximate surface area is 307 Å². The van der Waals surface area contributed by atoms with Crippen molar-refractivity contribution >= 4 is 5.97 Å². The van der Waals surface area contributed by atoms with Gasteiger partial charge in [0.15, 0.2) is 6.10 Å². The zero-order valence-corrected chi connectivity index (χ0v) is 33.0. The summed E-state index contributed by atoms with van der Waals surface area (Å²) < 4.78 is 16.8. The summed E-state index contributed by atoms with van der Waals surface area (Å²) in [7, 11) is 0. The molecule has 1 fully saturated rings. The van der Waals surface area contributed by atoms with Gasteiger partial charge in [0, 0.05) is 13.0 Å². The lowest BCUT2D eigenvalue weighted by atomic mass is 9.96. The number of carbonyl (C=O) groups is 1. The topological polar surface area (TPSA) is 126 Å².